The van der Waals surface area contributed by atoms with Gasteiger partial charge in [-0.2, -0.15) is 0 Å². The number of benzene rings is 2. The zero-order valence-electron chi connectivity index (χ0n) is 13.7. The van der Waals surface area contributed by atoms with Gasteiger partial charge in [0.2, 0.25) is 0 Å². The van der Waals surface area contributed by atoms with E-state index in [4.69, 9.17) is 9.84 Å². The minimum absolute atomic E-state index is 0.0474. The van der Waals surface area contributed by atoms with Crippen molar-refractivity contribution >= 4 is 18.1 Å². The summed E-state index contributed by atoms with van der Waals surface area (Å²) in [5, 5.41) is 8.87. The second-order valence-electron chi connectivity index (χ2n) is 6.61. The van der Waals surface area contributed by atoms with Crippen molar-refractivity contribution in [3.05, 3.63) is 64.5 Å². The monoisotopic (exact) mass is 326 g/mol. The number of hydrogen-bond donors (Lipinski definition) is 1. The Morgan fingerprint density at radius 1 is 1.21 bits per heavy atom. The van der Waals surface area contributed by atoms with Crippen LogP contribution in [0.1, 0.15) is 47.3 Å². The van der Waals surface area contributed by atoms with Crippen molar-refractivity contribution in [1.29, 1.82) is 0 Å². The van der Waals surface area contributed by atoms with E-state index in [1.54, 1.807) is 6.08 Å². The number of hydrogen-bond acceptors (Lipinski definition) is 2. The number of aromatic carboxylic acids is 1. The molecule has 4 heteroatoms. The predicted molar refractivity (Wildman–Crippen MR) is 91.9 cm³/mol. The normalized spacial score (nSPS) is 15.8. The Hall–Kier alpha value is -2.62. The number of carboxylic acid groups (broad SMARTS) is 1. The molecule has 0 radical (unpaired) electrons. The average molecular weight is 326 g/mol. The van der Waals surface area contributed by atoms with Gasteiger partial charge in [0.15, 0.2) is 0 Å². The zero-order chi connectivity index (χ0) is 17.3. The minimum Gasteiger partial charge on any atom is -0.493 e. The van der Waals surface area contributed by atoms with Crippen LogP contribution in [0.15, 0.2) is 36.4 Å². The topological polar surface area (TPSA) is 46.5 Å². The molecule has 0 amide bonds. The number of ether oxygens (including phenoxy) is 1. The van der Waals surface area contributed by atoms with Crippen LogP contribution in [-0.4, -0.2) is 17.7 Å². The highest BCUT2D eigenvalue weighted by Gasteiger charge is 2.28. The second-order valence-corrected chi connectivity index (χ2v) is 6.61. The Kier molecular flexibility index (Phi) is 4.14. The molecule has 3 nitrogen and oxygen atoms in total. The highest BCUT2D eigenvalue weighted by atomic mass is 19.1. The molecule has 0 saturated heterocycles. The summed E-state index contributed by atoms with van der Waals surface area (Å²) in [7, 11) is 0. The standard InChI is InChI=1S/C20H19FO3/c1-20(2)9-10-24-18-8-4-13(11-16(18)20)3-5-14-6-7-15(19(22)23)12-17(14)21/h3-8,11-12H,9-10H2,1-2H3,(H,22,23). The van der Waals surface area contributed by atoms with Gasteiger partial charge in [0.05, 0.1) is 12.2 Å². The van der Waals surface area contributed by atoms with Crippen molar-refractivity contribution in [3.8, 4) is 5.75 Å². The molecule has 0 aromatic heterocycles. The Morgan fingerprint density at radius 3 is 2.71 bits per heavy atom. The molecule has 0 spiro atoms. The van der Waals surface area contributed by atoms with Gasteiger partial charge in [0.25, 0.3) is 0 Å². The van der Waals surface area contributed by atoms with Gasteiger partial charge in [-0.15, -0.1) is 0 Å². The number of rotatable bonds is 3. The third-order valence-electron chi connectivity index (χ3n) is 4.42. The summed E-state index contributed by atoms with van der Waals surface area (Å²) in [4.78, 5) is 10.8. The zero-order valence-corrected chi connectivity index (χ0v) is 13.7. The summed E-state index contributed by atoms with van der Waals surface area (Å²) in [6.07, 6.45) is 4.43. The van der Waals surface area contributed by atoms with E-state index in [1.807, 2.05) is 18.2 Å². The van der Waals surface area contributed by atoms with Crippen LogP contribution in [0.25, 0.3) is 12.2 Å². The van der Waals surface area contributed by atoms with Crippen molar-refractivity contribution in [2.24, 2.45) is 0 Å². The first-order chi connectivity index (χ1) is 11.4. The molecular formula is C20H19FO3. The van der Waals surface area contributed by atoms with E-state index in [0.717, 1.165) is 36.0 Å². The molecule has 0 atom stereocenters. The maximum atomic E-state index is 14.0. The Labute approximate surface area is 140 Å². The van der Waals surface area contributed by atoms with E-state index in [-0.39, 0.29) is 11.0 Å². The molecular weight excluding hydrogens is 307 g/mol. The Morgan fingerprint density at radius 2 is 2.00 bits per heavy atom. The van der Waals surface area contributed by atoms with Gasteiger partial charge in [-0.3, -0.25) is 0 Å². The van der Waals surface area contributed by atoms with E-state index in [1.165, 1.54) is 12.1 Å². The van der Waals surface area contributed by atoms with Crippen molar-refractivity contribution in [1.82, 2.24) is 0 Å². The van der Waals surface area contributed by atoms with E-state index in [0.29, 0.717) is 5.56 Å². The van der Waals surface area contributed by atoms with Gasteiger partial charge >= 0.3 is 5.97 Å². The van der Waals surface area contributed by atoms with E-state index >= 15 is 0 Å². The lowest BCUT2D eigenvalue weighted by Crippen LogP contribution is -2.26. The maximum absolute atomic E-state index is 14.0. The van der Waals surface area contributed by atoms with Crippen LogP contribution in [0, 0.1) is 5.82 Å². The van der Waals surface area contributed by atoms with Crippen LogP contribution in [0.4, 0.5) is 4.39 Å². The number of fused-ring (bicyclic) bond motifs is 1. The number of carbonyl (C=O) groups is 1. The van der Waals surface area contributed by atoms with Crippen LogP contribution >= 0.6 is 0 Å². The molecule has 0 aliphatic carbocycles. The molecule has 2 aromatic rings. The third-order valence-corrected chi connectivity index (χ3v) is 4.42. The van der Waals surface area contributed by atoms with Gasteiger partial charge < -0.3 is 9.84 Å². The van der Waals surface area contributed by atoms with Gasteiger partial charge in [0, 0.05) is 11.1 Å². The second kappa shape index (κ2) is 6.11. The first kappa shape index (κ1) is 16.2. The molecule has 0 fully saturated rings. The minimum atomic E-state index is -1.14. The SMILES string of the molecule is CC1(C)CCOc2ccc(C=Cc3ccc(C(=O)O)cc3F)cc21. The van der Waals surface area contributed by atoms with Gasteiger partial charge in [0.1, 0.15) is 11.6 Å². The molecule has 0 bridgehead atoms. The van der Waals surface area contributed by atoms with E-state index < -0.39 is 11.8 Å². The first-order valence-corrected chi connectivity index (χ1v) is 7.85. The van der Waals surface area contributed by atoms with E-state index in [9.17, 15) is 9.18 Å². The lowest BCUT2D eigenvalue weighted by atomic mass is 9.79. The average Bonchev–Trinajstić information content (AvgIpc) is 2.53. The van der Waals surface area contributed by atoms with Crippen LogP contribution in [0.5, 0.6) is 5.75 Å². The summed E-state index contributed by atoms with van der Waals surface area (Å²) in [5.74, 6) is -0.783. The first-order valence-electron chi connectivity index (χ1n) is 7.85. The molecule has 1 heterocycles. The summed E-state index contributed by atoms with van der Waals surface area (Å²) >= 11 is 0. The summed E-state index contributed by atoms with van der Waals surface area (Å²) in [6.45, 7) is 5.09. The molecule has 24 heavy (non-hydrogen) atoms. The molecule has 2 aromatic carbocycles. The summed E-state index contributed by atoms with van der Waals surface area (Å²) in [5.41, 5.74) is 2.45. The maximum Gasteiger partial charge on any atom is 0.335 e. The quantitative estimate of drug-likeness (QED) is 0.828. The Balaban J connectivity index is 1.89. The van der Waals surface area contributed by atoms with Crippen molar-refractivity contribution in [2.45, 2.75) is 25.7 Å². The van der Waals surface area contributed by atoms with E-state index in [2.05, 4.69) is 19.9 Å². The third kappa shape index (κ3) is 3.18. The molecule has 0 unspecified atom stereocenters. The van der Waals surface area contributed by atoms with Crippen LogP contribution in [0.3, 0.4) is 0 Å². The highest BCUT2D eigenvalue weighted by Crippen LogP contribution is 2.38. The predicted octanol–water partition coefficient (Wildman–Crippen LogP) is 4.75. The molecule has 1 N–H and O–H groups in total. The number of halogens is 1. The number of carboxylic acids is 1. The smallest absolute Gasteiger partial charge is 0.335 e. The largest absolute Gasteiger partial charge is 0.493 e. The molecule has 1 aliphatic rings. The molecule has 3 rings (SSSR count). The highest BCUT2D eigenvalue weighted by molar-refractivity contribution is 5.88. The molecule has 0 saturated carbocycles. The lowest BCUT2D eigenvalue weighted by Gasteiger charge is -2.32. The molecule has 124 valence electrons. The van der Waals surface area contributed by atoms with Crippen LogP contribution < -0.4 is 4.74 Å². The van der Waals surface area contributed by atoms with Gasteiger partial charge in [-0.25, -0.2) is 9.18 Å². The van der Waals surface area contributed by atoms with Crippen molar-refractivity contribution in [3.63, 3.8) is 0 Å². The summed E-state index contributed by atoms with van der Waals surface area (Å²) in [6, 6.07) is 9.84. The summed E-state index contributed by atoms with van der Waals surface area (Å²) < 4.78 is 19.7. The van der Waals surface area contributed by atoms with Gasteiger partial charge in [-0.1, -0.05) is 38.1 Å². The van der Waals surface area contributed by atoms with Crippen LogP contribution in [0.2, 0.25) is 0 Å². The fourth-order valence-corrected chi connectivity index (χ4v) is 2.84. The fourth-order valence-electron chi connectivity index (χ4n) is 2.84. The van der Waals surface area contributed by atoms with Gasteiger partial charge in [-0.05, 0) is 41.7 Å². The lowest BCUT2D eigenvalue weighted by molar-refractivity contribution is 0.0696. The van der Waals surface area contributed by atoms with Crippen molar-refractivity contribution < 1.29 is 19.0 Å². The molecule has 1 aliphatic heterocycles. The van der Waals surface area contributed by atoms with Crippen LogP contribution in [-0.2, 0) is 5.41 Å². The Bertz CT molecular complexity index is 822. The van der Waals surface area contributed by atoms with Crippen molar-refractivity contribution in [2.75, 3.05) is 6.61 Å². The fraction of sp³-hybridized carbons (Fsp3) is 0.250.